The van der Waals surface area contributed by atoms with Crippen LogP contribution in [0.25, 0.3) is 0 Å². The number of nitrogens with one attached hydrogen (secondary N) is 1. The highest BCUT2D eigenvalue weighted by Gasteiger charge is 2.27. The van der Waals surface area contributed by atoms with Crippen LogP contribution in [0.15, 0.2) is 17.4 Å². The van der Waals surface area contributed by atoms with Gasteiger partial charge in [0.1, 0.15) is 6.54 Å². The molecule has 1 fully saturated rings. The number of unbranched alkanes of at least 4 members (excludes halogenated alkanes) is 2. The number of carbonyl (C=O) groups is 1. The van der Waals surface area contributed by atoms with Crippen molar-refractivity contribution < 1.29 is 4.79 Å². The standard InChI is InChI=1S/C15H26N6O/c1-4-5-6-7-17-15(16-2)20-8-9-21(14(22)12-20)13-10-18-19(3)11-13/h10-11H,4-9,12H2,1-3H3,(H,16,17). The van der Waals surface area contributed by atoms with Gasteiger partial charge in [-0.2, -0.15) is 5.10 Å². The SMILES string of the molecule is CCCCCNC(=NC)N1CCN(c2cnn(C)c2)C(=O)C1. The molecular weight excluding hydrogens is 280 g/mol. The molecule has 2 heterocycles. The van der Waals surface area contributed by atoms with Gasteiger partial charge >= 0.3 is 0 Å². The van der Waals surface area contributed by atoms with Crippen molar-refractivity contribution in [2.45, 2.75) is 26.2 Å². The Hall–Kier alpha value is -2.05. The van der Waals surface area contributed by atoms with Crippen LogP contribution in [0.1, 0.15) is 26.2 Å². The molecule has 122 valence electrons. The van der Waals surface area contributed by atoms with Gasteiger partial charge in [-0.1, -0.05) is 19.8 Å². The van der Waals surface area contributed by atoms with Gasteiger partial charge in [0, 0.05) is 39.9 Å². The van der Waals surface area contributed by atoms with E-state index in [-0.39, 0.29) is 5.91 Å². The second-order valence-corrected chi connectivity index (χ2v) is 5.52. The number of hydrogen-bond donors (Lipinski definition) is 1. The molecule has 0 saturated carbocycles. The lowest BCUT2D eigenvalue weighted by Crippen LogP contribution is -2.55. The van der Waals surface area contributed by atoms with Gasteiger partial charge in [-0.3, -0.25) is 14.5 Å². The van der Waals surface area contributed by atoms with Crippen LogP contribution in [0.5, 0.6) is 0 Å². The summed E-state index contributed by atoms with van der Waals surface area (Å²) in [4.78, 5) is 20.5. The smallest absolute Gasteiger partial charge is 0.246 e. The average Bonchev–Trinajstić information content (AvgIpc) is 2.93. The zero-order valence-corrected chi connectivity index (χ0v) is 13.7. The Bertz CT molecular complexity index is 524. The van der Waals surface area contributed by atoms with Crippen LogP contribution in [0.4, 0.5) is 5.69 Å². The van der Waals surface area contributed by atoms with E-state index in [2.05, 4.69) is 22.3 Å². The summed E-state index contributed by atoms with van der Waals surface area (Å²) in [5.74, 6) is 0.894. The van der Waals surface area contributed by atoms with E-state index in [4.69, 9.17) is 0 Å². The number of anilines is 1. The van der Waals surface area contributed by atoms with Gasteiger partial charge in [0.25, 0.3) is 0 Å². The van der Waals surface area contributed by atoms with Gasteiger partial charge in [0.15, 0.2) is 5.96 Å². The average molecular weight is 306 g/mol. The number of aromatic nitrogens is 2. The molecule has 7 heteroatoms. The molecule has 0 unspecified atom stereocenters. The fourth-order valence-electron chi connectivity index (χ4n) is 2.58. The molecule has 2 rings (SSSR count). The molecule has 1 aliphatic heterocycles. The predicted molar refractivity (Wildman–Crippen MR) is 88.0 cm³/mol. The van der Waals surface area contributed by atoms with Gasteiger partial charge < -0.3 is 15.1 Å². The van der Waals surface area contributed by atoms with Crippen molar-refractivity contribution in [2.24, 2.45) is 12.0 Å². The van der Waals surface area contributed by atoms with Crippen LogP contribution in [0.2, 0.25) is 0 Å². The van der Waals surface area contributed by atoms with Crippen molar-refractivity contribution in [2.75, 3.05) is 38.1 Å². The summed E-state index contributed by atoms with van der Waals surface area (Å²) in [7, 11) is 3.62. The molecular formula is C15H26N6O. The molecule has 1 N–H and O–H groups in total. The van der Waals surface area contributed by atoms with E-state index < -0.39 is 0 Å². The molecule has 0 aromatic carbocycles. The molecule has 1 amide bonds. The van der Waals surface area contributed by atoms with E-state index in [9.17, 15) is 4.79 Å². The van der Waals surface area contributed by atoms with Crippen molar-refractivity contribution in [3.05, 3.63) is 12.4 Å². The predicted octanol–water partition coefficient (Wildman–Crippen LogP) is 0.834. The van der Waals surface area contributed by atoms with Gasteiger partial charge in [0.05, 0.1) is 11.9 Å². The topological polar surface area (TPSA) is 65.8 Å². The zero-order valence-electron chi connectivity index (χ0n) is 13.7. The monoisotopic (exact) mass is 306 g/mol. The second-order valence-electron chi connectivity index (χ2n) is 5.52. The number of piperazine rings is 1. The molecule has 1 aromatic rings. The maximum atomic E-state index is 12.4. The summed E-state index contributed by atoms with van der Waals surface area (Å²) >= 11 is 0. The Labute approximate surface area is 132 Å². The third-order valence-electron chi connectivity index (χ3n) is 3.80. The molecule has 1 saturated heterocycles. The number of nitrogens with zero attached hydrogens (tertiary/aromatic N) is 5. The van der Waals surface area contributed by atoms with E-state index in [1.165, 1.54) is 12.8 Å². The molecule has 0 spiro atoms. The van der Waals surface area contributed by atoms with Crippen LogP contribution >= 0.6 is 0 Å². The molecule has 1 aromatic heterocycles. The molecule has 0 bridgehead atoms. The summed E-state index contributed by atoms with van der Waals surface area (Å²) in [6.45, 7) is 4.86. The highest BCUT2D eigenvalue weighted by atomic mass is 16.2. The van der Waals surface area contributed by atoms with Gasteiger partial charge in [-0.05, 0) is 6.42 Å². The van der Waals surface area contributed by atoms with Crippen LogP contribution in [-0.2, 0) is 11.8 Å². The van der Waals surface area contributed by atoms with Crippen molar-refractivity contribution in [1.29, 1.82) is 0 Å². The summed E-state index contributed by atoms with van der Waals surface area (Å²) in [6.07, 6.45) is 7.12. The quantitative estimate of drug-likeness (QED) is 0.497. The number of carbonyl (C=O) groups excluding carboxylic acids is 1. The van der Waals surface area contributed by atoms with Crippen LogP contribution in [-0.4, -0.2) is 59.8 Å². The Balaban J connectivity index is 1.89. The number of rotatable bonds is 5. The van der Waals surface area contributed by atoms with Crippen molar-refractivity contribution in [1.82, 2.24) is 20.0 Å². The van der Waals surface area contributed by atoms with Crippen molar-refractivity contribution in [3.63, 3.8) is 0 Å². The number of aryl methyl sites for hydroxylation is 1. The van der Waals surface area contributed by atoms with Crippen LogP contribution in [0, 0.1) is 0 Å². The third-order valence-corrected chi connectivity index (χ3v) is 3.80. The van der Waals surface area contributed by atoms with E-state index in [1.807, 2.05) is 18.1 Å². The summed E-state index contributed by atoms with van der Waals surface area (Å²) in [5, 5.41) is 7.47. The molecule has 1 aliphatic rings. The fraction of sp³-hybridized carbons (Fsp3) is 0.667. The van der Waals surface area contributed by atoms with Gasteiger partial charge in [-0.15, -0.1) is 0 Å². The van der Waals surface area contributed by atoms with E-state index in [1.54, 1.807) is 22.8 Å². The minimum atomic E-state index is 0.0794. The molecule has 0 radical (unpaired) electrons. The largest absolute Gasteiger partial charge is 0.356 e. The number of guanidine groups is 1. The van der Waals surface area contributed by atoms with Crippen LogP contribution < -0.4 is 10.2 Å². The lowest BCUT2D eigenvalue weighted by Gasteiger charge is -2.35. The Morgan fingerprint density at radius 1 is 1.41 bits per heavy atom. The van der Waals surface area contributed by atoms with Gasteiger partial charge in [-0.25, -0.2) is 0 Å². The summed E-state index contributed by atoms with van der Waals surface area (Å²) in [5.41, 5.74) is 0.859. The Morgan fingerprint density at radius 2 is 2.23 bits per heavy atom. The minimum Gasteiger partial charge on any atom is -0.356 e. The van der Waals surface area contributed by atoms with E-state index >= 15 is 0 Å². The first-order valence-electron chi connectivity index (χ1n) is 7.90. The lowest BCUT2D eigenvalue weighted by atomic mass is 10.2. The van der Waals surface area contributed by atoms with E-state index in [0.29, 0.717) is 13.1 Å². The van der Waals surface area contributed by atoms with Crippen molar-refractivity contribution >= 4 is 17.6 Å². The summed E-state index contributed by atoms with van der Waals surface area (Å²) in [6, 6.07) is 0. The number of aliphatic imine (C=N–C) groups is 1. The highest BCUT2D eigenvalue weighted by molar-refractivity contribution is 5.98. The van der Waals surface area contributed by atoms with Gasteiger partial charge in [0.2, 0.25) is 5.91 Å². The molecule has 0 aliphatic carbocycles. The zero-order chi connectivity index (χ0) is 15.9. The first-order valence-corrected chi connectivity index (χ1v) is 7.90. The fourth-order valence-corrected chi connectivity index (χ4v) is 2.58. The lowest BCUT2D eigenvalue weighted by molar-refractivity contribution is -0.120. The first kappa shape index (κ1) is 16.3. The molecule has 0 atom stereocenters. The second kappa shape index (κ2) is 7.82. The number of hydrogen-bond acceptors (Lipinski definition) is 3. The number of amides is 1. The summed E-state index contributed by atoms with van der Waals surface area (Å²) < 4.78 is 1.71. The van der Waals surface area contributed by atoms with Crippen molar-refractivity contribution in [3.8, 4) is 0 Å². The maximum absolute atomic E-state index is 12.4. The third kappa shape index (κ3) is 3.99. The Morgan fingerprint density at radius 3 is 2.82 bits per heavy atom. The minimum absolute atomic E-state index is 0.0794. The highest BCUT2D eigenvalue weighted by Crippen LogP contribution is 2.15. The van der Waals surface area contributed by atoms with Crippen LogP contribution in [0.3, 0.4) is 0 Å². The maximum Gasteiger partial charge on any atom is 0.246 e. The van der Waals surface area contributed by atoms with E-state index in [0.717, 1.165) is 31.2 Å². The molecule has 7 nitrogen and oxygen atoms in total. The first-order chi connectivity index (χ1) is 10.7. The molecule has 22 heavy (non-hydrogen) atoms. The normalized spacial score (nSPS) is 16.3. The Kier molecular flexibility index (Phi) is 5.80.